The van der Waals surface area contributed by atoms with E-state index < -0.39 is 22.9 Å². The normalized spacial score (nSPS) is 18.1. The first-order valence-electron chi connectivity index (χ1n) is 9.81. The van der Waals surface area contributed by atoms with E-state index in [2.05, 4.69) is 9.97 Å². The minimum Gasteiger partial charge on any atom is -0.460 e. The number of carbonyl (C=O) groups excluding carboxylic acids is 3. The Morgan fingerprint density at radius 2 is 1.84 bits per heavy atom. The lowest BCUT2D eigenvalue weighted by Gasteiger charge is -2.28. The van der Waals surface area contributed by atoms with Crippen LogP contribution in [0.25, 0.3) is 11.4 Å². The molecule has 1 aliphatic rings. The van der Waals surface area contributed by atoms with E-state index in [-0.39, 0.29) is 31.2 Å². The number of hydrogen-bond acceptors (Lipinski definition) is 7. The number of aromatic nitrogens is 2. The first kappa shape index (κ1) is 24.9. The quantitative estimate of drug-likeness (QED) is 0.292. The van der Waals surface area contributed by atoms with Crippen LogP contribution in [0.5, 0.6) is 0 Å². The summed E-state index contributed by atoms with van der Waals surface area (Å²) in [5.41, 5.74) is 5.32. The Kier molecular flexibility index (Phi) is 7.35. The zero-order valence-electron chi connectivity index (χ0n) is 18.1. The second kappa shape index (κ2) is 9.44. The lowest BCUT2D eigenvalue weighted by molar-refractivity contribution is -0.158. The Morgan fingerprint density at radius 3 is 2.31 bits per heavy atom. The molecular weight excluding hydrogens is 434 g/mol. The fourth-order valence-electron chi connectivity index (χ4n) is 3.61. The zero-order chi connectivity index (χ0) is 22.8. The molecular formula is C22H26ClN5O4. The van der Waals surface area contributed by atoms with Gasteiger partial charge in [0.2, 0.25) is 12.3 Å². The van der Waals surface area contributed by atoms with E-state index in [4.69, 9.17) is 15.9 Å². The third-order valence-electron chi connectivity index (χ3n) is 5.10. The number of nitrogens with one attached hydrogen (secondary N) is 1. The Labute approximate surface area is 192 Å². The van der Waals surface area contributed by atoms with Crippen molar-refractivity contribution in [2.24, 2.45) is 5.73 Å². The number of amidine groups is 1. The molecule has 0 bridgehead atoms. The molecule has 2 amide bonds. The number of amides is 2. The maximum Gasteiger partial charge on any atom is 0.307 e. The maximum atomic E-state index is 13.0. The van der Waals surface area contributed by atoms with Gasteiger partial charge in [0.05, 0.1) is 17.4 Å². The molecule has 1 saturated heterocycles. The van der Waals surface area contributed by atoms with Gasteiger partial charge in [0.25, 0.3) is 0 Å². The highest BCUT2D eigenvalue weighted by molar-refractivity contribution is 5.99. The molecule has 1 unspecified atom stereocenters. The second-order valence-corrected chi connectivity index (χ2v) is 8.49. The van der Waals surface area contributed by atoms with Gasteiger partial charge in [-0.3, -0.25) is 24.7 Å². The summed E-state index contributed by atoms with van der Waals surface area (Å²) in [6, 6.07) is 7.00. The van der Waals surface area contributed by atoms with Gasteiger partial charge in [-0.25, -0.2) is 9.97 Å². The van der Waals surface area contributed by atoms with Crippen LogP contribution in [0, 0.1) is 5.41 Å². The standard InChI is InChI=1S/C22H25N5O4.ClH/c1-21(2,3)31-17(29)10-22(8-9-27(13-28)20(22)30)16-6-4-14(5-7-16)19-25-11-15(12-26-19)18(23)24;/h4-7,11-13H,8-10H2,1-3H3,(H3,23,24);1H. The lowest BCUT2D eigenvalue weighted by atomic mass is 9.76. The lowest BCUT2D eigenvalue weighted by Crippen LogP contribution is -2.40. The molecule has 1 aliphatic heterocycles. The van der Waals surface area contributed by atoms with E-state index in [1.807, 2.05) is 0 Å². The molecule has 10 heteroatoms. The summed E-state index contributed by atoms with van der Waals surface area (Å²) < 4.78 is 5.44. The van der Waals surface area contributed by atoms with Crippen LogP contribution in [0.2, 0.25) is 0 Å². The first-order chi connectivity index (χ1) is 14.6. The van der Waals surface area contributed by atoms with Gasteiger partial charge in [-0.15, -0.1) is 12.4 Å². The number of rotatable bonds is 6. The number of benzene rings is 1. The molecule has 2 aromatic rings. The molecule has 1 aromatic heterocycles. The topological polar surface area (TPSA) is 139 Å². The van der Waals surface area contributed by atoms with Crippen LogP contribution in [0.3, 0.4) is 0 Å². The summed E-state index contributed by atoms with van der Waals surface area (Å²) in [5.74, 6) is -0.598. The van der Waals surface area contributed by atoms with Crippen molar-refractivity contribution < 1.29 is 19.1 Å². The number of ether oxygens (including phenoxy) is 1. The smallest absolute Gasteiger partial charge is 0.307 e. The molecule has 3 rings (SSSR count). The molecule has 32 heavy (non-hydrogen) atoms. The van der Waals surface area contributed by atoms with E-state index in [9.17, 15) is 14.4 Å². The average molecular weight is 460 g/mol. The molecule has 0 spiro atoms. The SMILES string of the molecule is CC(C)(C)OC(=O)CC1(c2ccc(-c3ncc(C(=N)N)cn3)cc2)CCN(C=O)C1=O.Cl. The second-order valence-electron chi connectivity index (χ2n) is 8.49. The van der Waals surface area contributed by atoms with Crippen LogP contribution >= 0.6 is 12.4 Å². The summed E-state index contributed by atoms with van der Waals surface area (Å²) in [6.45, 7) is 5.52. The van der Waals surface area contributed by atoms with Crippen LogP contribution < -0.4 is 5.73 Å². The largest absolute Gasteiger partial charge is 0.460 e. The van der Waals surface area contributed by atoms with E-state index >= 15 is 0 Å². The molecule has 0 radical (unpaired) electrons. The van der Waals surface area contributed by atoms with E-state index in [1.54, 1.807) is 45.0 Å². The third-order valence-corrected chi connectivity index (χ3v) is 5.10. The summed E-state index contributed by atoms with van der Waals surface area (Å²) in [6.07, 6.45) is 3.59. The first-order valence-corrected chi connectivity index (χ1v) is 9.81. The summed E-state index contributed by atoms with van der Waals surface area (Å²) >= 11 is 0. The highest BCUT2D eigenvalue weighted by Gasteiger charge is 2.50. The summed E-state index contributed by atoms with van der Waals surface area (Å²) in [4.78, 5) is 46.5. The number of nitrogens with two attached hydrogens (primary N) is 1. The number of nitrogen functional groups attached to an aromatic ring is 1. The van der Waals surface area contributed by atoms with Crippen LogP contribution in [0.15, 0.2) is 36.7 Å². The molecule has 9 nitrogen and oxygen atoms in total. The van der Waals surface area contributed by atoms with Crippen LogP contribution in [0.4, 0.5) is 0 Å². The van der Waals surface area contributed by atoms with Crippen molar-refractivity contribution in [2.45, 2.75) is 44.6 Å². The molecule has 1 fully saturated rings. The number of imide groups is 1. The Hall–Kier alpha value is -3.33. The minimum atomic E-state index is -1.17. The molecule has 1 atom stereocenters. The summed E-state index contributed by atoms with van der Waals surface area (Å²) in [5, 5.41) is 7.42. The fourth-order valence-corrected chi connectivity index (χ4v) is 3.61. The van der Waals surface area contributed by atoms with Crippen molar-refractivity contribution in [3.05, 3.63) is 47.8 Å². The average Bonchev–Trinajstić information content (AvgIpc) is 3.03. The van der Waals surface area contributed by atoms with Crippen LogP contribution in [0.1, 0.15) is 44.7 Å². The summed E-state index contributed by atoms with van der Waals surface area (Å²) in [7, 11) is 0. The molecule has 0 aliphatic carbocycles. The van der Waals surface area contributed by atoms with Crippen LogP contribution in [-0.2, 0) is 24.5 Å². The monoisotopic (exact) mass is 459 g/mol. The van der Waals surface area contributed by atoms with Crippen molar-refractivity contribution in [3.63, 3.8) is 0 Å². The van der Waals surface area contributed by atoms with Gasteiger partial charge < -0.3 is 10.5 Å². The van der Waals surface area contributed by atoms with Gasteiger partial charge >= 0.3 is 5.97 Å². The predicted octanol–water partition coefficient (Wildman–Crippen LogP) is 2.21. The fraction of sp³-hybridized carbons (Fsp3) is 0.364. The van der Waals surface area contributed by atoms with E-state index in [1.165, 1.54) is 12.4 Å². The van der Waals surface area contributed by atoms with Gasteiger partial charge in [0.15, 0.2) is 5.82 Å². The third kappa shape index (κ3) is 5.11. The maximum absolute atomic E-state index is 13.0. The Morgan fingerprint density at radius 1 is 1.25 bits per heavy atom. The minimum absolute atomic E-state index is 0. The van der Waals surface area contributed by atoms with Gasteiger partial charge in [-0.05, 0) is 32.8 Å². The predicted molar refractivity (Wildman–Crippen MR) is 120 cm³/mol. The van der Waals surface area contributed by atoms with Crippen molar-refractivity contribution in [1.82, 2.24) is 14.9 Å². The Balaban J connectivity index is 0.00000363. The van der Waals surface area contributed by atoms with Gasteiger partial charge in [-0.2, -0.15) is 0 Å². The van der Waals surface area contributed by atoms with Crippen molar-refractivity contribution in [3.8, 4) is 11.4 Å². The molecule has 0 saturated carbocycles. The van der Waals surface area contributed by atoms with Crippen molar-refractivity contribution >= 4 is 36.5 Å². The van der Waals surface area contributed by atoms with Crippen molar-refractivity contribution in [1.29, 1.82) is 5.41 Å². The molecule has 3 N–H and O–H groups in total. The molecule has 1 aromatic carbocycles. The van der Waals surface area contributed by atoms with Crippen molar-refractivity contribution in [2.75, 3.05) is 6.54 Å². The number of esters is 1. The number of hydrogen-bond donors (Lipinski definition) is 2. The zero-order valence-corrected chi connectivity index (χ0v) is 18.9. The van der Waals surface area contributed by atoms with E-state index in [0.29, 0.717) is 35.3 Å². The molecule has 2 heterocycles. The van der Waals surface area contributed by atoms with Gasteiger partial charge in [0.1, 0.15) is 11.4 Å². The van der Waals surface area contributed by atoms with E-state index in [0.717, 1.165) is 4.90 Å². The molecule has 170 valence electrons. The highest BCUT2D eigenvalue weighted by atomic mass is 35.5. The number of likely N-dealkylation sites (tertiary alicyclic amines) is 1. The Bertz CT molecular complexity index is 1020. The van der Waals surface area contributed by atoms with Crippen LogP contribution in [-0.4, -0.2) is 51.1 Å². The number of halogens is 1. The number of carbonyl (C=O) groups is 3. The van der Waals surface area contributed by atoms with Gasteiger partial charge in [0, 0.05) is 24.5 Å². The van der Waals surface area contributed by atoms with Gasteiger partial charge in [-0.1, -0.05) is 24.3 Å². The number of nitrogens with zero attached hydrogens (tertiary/aromatic N) is 3. The highest BCUT2D eigenvalue weighted by Crippen LogP contribution is 2.40.